The van der Waals surface area contributed by atoms with E-state index in [4.69, 9.17) is 9.47 Å². The SMILES string of the molecule is COc1cc(C)ccc1OCCNC(=O)Nc1cccc(C(C)=O)c1. The van der Waals surface area contributed by atoms with Gasteiger partial charge in [-0.05, 0) is 43.7 Å². The van der Waals surface area contributed by atoms with Crippen LogP contribution < -0.4 is 20.1 Å². The fourth-order valence-corrected chi connectivity index (χ4v) is 2.21. The topological polar surface area (TPSA) is 76.7 Å². The van der Waals surface area contributed by atoms with Crippen molar-refractivity contribution in [2.24, 2.45) is 0 Å². The molecule has 0 atom stereocenters. The summed E-state index contributed by atoms with van der Waals surface area (Å²) in [5, 5.41) is 5.38. The Hall–Kier alpha value is -3.02. The molecule has 0 saturated heterocycles. The Balaban J connectivity index is 1.79. The smallest absolute Gasteiger partial charge is 0.319 e. The van der Waals surface area contributed by atoms with E-state index in [2.05, 4.69) is 10.6 Å². The first-order valence-corrected chi connectivity index (χ1v) is 7.93. The van der Waals surface area contributed by atoms with Crippen LogP contribution in [0.5, 0.6) is 11.5 Å². The zero-order valence-corrected chi connectivity index (χ0v) is 14.6. The van der Waals surface area contributed by atoms with Crippen molar-refractivity contribution in [2.45, 2.75) is 13.8 Å². The van der Waals surface area contributed by atoms with Gasteiger partial charge in [0, 0.05) is 11.3 Å². The summed E-state index contributed by atoms with van der Waals surface area (Å²) in [7, 11) is 1.59. The number of benzene rings is 2. The molecule has 6 heteroatoms. The molecule has 0 aliphatic heterocycles. The van der Waals surface area contributed by atoms with Crippen molar-refractivity contribution >= 4 is 17.5 Å². The fraction of sp³-hybridized carbons (Fsp3) is 0.263. The molecular formula is C19H22N2O4. The van der Waals surface area contributed by atoms with Gasteiger partial charge in [0.2, 0.25) is 0 Å². The molecule has 2 rings (SSSR count). The van der Waals surface area contributed by atoms with E-state index in [9.17, 15) is 9.59 Å². The number of ketones is 1. The van der Waals surface area contributed by atoms with Gasteiger partial charge >= 0.3 is 6.03 Å². The number of hydrogen-bond acceptors (Lipinski definition) is 4. The summed E-state index contributed by atoms with van der Waals surface area (Å²) in [6.07, 6.45) is 0. The first-order valence-electron chi connectivity index (χ1n) is 7.93. The lowest BCUT2D eigenvalue weighted by molar-refractivity contribution is 0.101. The van der Waals surface area contributed by atoms with Crippen molar-refractivity contribution in [1.82, 2.24) is 5.32 Å². The Morgan fingerprint density at radius 2 is 1.88 bits per heavy atom. The third-order valence-electron chi connectivity index (χ3n) is 3.49. The molecule has 0 heterocycles. The maximum absolute atomic E-state index is 11.9. The highest BCUT2D eigenvalue weighted by atomic mass is 16.5. The minimum atomic E-state index is -0.361. The van der Waals surface area contributed by atoms with Gasteiger partial charge in [-0.1, -0.05) is 18.2 Å². The fourth-order valence-electron chi connectivity index (χ4n) is 2.21. The average molecular weight is 342 g/mol. The minimum Gasteiger partial charge on any atom is -0.493 e. The maximum atomic E-state index is 11.9. The van der Waals surface area contributed by atoms with Gasteiger partial charge in [-0.2, -0.15) is 0 Å². The second kappa shape index (κ2) is 8.73. The number of ether oxygens (including phenoxy) is 2. The normalized spacial score (nSPS) is 10.0. The van der Waals surface area contributed by atoms with Crippen molar-refractivity contribution < 1.29 is 19.1 Å². The molecule has 2 aromatic rings. The van der Waals surface area contributed by atoms with Crippen molar-refractivity contribution in [3.8, 4) is 11.5 Å². The molecule has 2 aromatic carbocycles. The summed E-state index contributed by atoms with van der Waals surface area (Å²) in [5.74, 6) is 1.24. The number of aryl methyl sites for hydroxylation is 1. The van der Waals surface area contributed by atoms with Crippen LogP contribution in [0.4, 0.5) is 10.5 Å². The van der Waals surface area contributed by atoms with E-state index in [1.165, 1.54) is 6.92 Å². The highest BCUT2D eigenvalue weighted by Gasteiger charge is 2.06. The number of anilines is 1. The second-order valence-corrected chi connectivity index (χ2v) is 5.52. The number of carbonyl (C=O) groups is 2. The second-order valence-electron chi connectivity index (χ2n) is 5.52. The number of carbonyl (C=O) groups excluding carboxylic acids is 2. The number of Topliss-reactive ketones (excluding diaryl/α,β-unsaturated/α-hetero) is 1. The van der Waals surface area contributed by atoms with E-state index in [0.717, 1.165) is 5.56 Å². The van der Waals surface area contributed by atoms with E-state index in [0.29, 0.717) is 35.9 Å². The maximum Gasteiger partial charge on any atom is 0.319 e. The molecule has 25 heavy (non-hydrogen) atoms. The van der Waals surface area contributed by atoms with Gasteiger partial charge in [0.25, 0.3) is 0 Å². The van der Waals surface area contributed by atoms with Gasteiger partial charge < -0.3 is 20.1 Å². The Bertz CT molecular complexity index is 759. The Kier molecular flexibility index (Phi) is 6.39. The summed E-state index contributed by atoms with van der Waals surface area (Å²) in [4.78, 5) is 23.2. The Labute approximate surface area is 147 Å². The predicted molar refractivity (Wildman–Crippen MR) is 96.7 cm³/mol. The van der Waals surface area contributed by atoms with E-state index in [1.807, 2.05) is 25.1 Å². The number of nitrogens with one attached hydrogen (secondary N) is 2. The highest BCUT2D eigenvalue weighted by molar-refractivity contribution is 5.96. The highest BCUT2D eigenvalue weighted by Crippen LogP contribution is 2.27. The van der Waals surface area contributed by atoms with Crippen LogP contribution in [-0.4, -0.2) is 32.1 Å². The lowest BCUT2D eigenvalue weighted by atomic mass is 10.1. The summed E-state index contributed by atoms with van der Waals surface area (Å²) in [5.41, 5.74) is 2.19. The van der Waals surface area contributed by atoms with Gasteiger partial charge in [0.05, 0.1) is 13.7 Å². The van der Waals surface area contributed by atoms with Crippen LogP contribution in [0, 0.1) is 6.92 Å². The quantitative estimate of drug-likeness (QED) is 0.597. The van der Waals surface area contributed by atoms with Crippen LogP contribution in [0.25, 0.3) is 0 Å². The zero-order valence-electron chi connectivity index (χ0n) is 14.6. The van der Waals surface area contributed by atoms with E-state index < -0.39 is 0 Å². The van der Waals surface area contributed by atoms with Crippen LogP contribution in [0.1, 0.15) is 22.8 Å². The molecule has 0 saturated carbocycles. The predicted octanol–water partition coefficient (Wildman–Crippen LogP) is 3.41. The van der Waals surface area contributed by atoms with E-state index in [1.54, 1.807) is 31.4 Å². The number of amides is 2. The monoisotopic (exact) mass is 342 g/mol. The number of rotatable bonds is 7. The van der Waals surface area contributed by atoms with Crippen LogP contribution in [-0.2, 0) is 0 Å². The van der Waals surface area contributed by atoms with Crippen molar-refractivity contribution in [3.63, 3.8) is 0 Å². The molecule has 0 spiro atoms. The molecule has 0 aromatic heterocycles. The van der Waals surface area contributed by atoms with Gasteiger partial charge in [-0.3, -0.25) is 4.79 Å². The molecule has 0 bridgehead atoms. The first-order chi connectivity index (χ1) is 12.0. The van der Waals surface area contributed by atoms with Crippen LogP contribution >= 0.6 is 0 Å². The van der Waals surface area contributed by atoms with E-state index >= 15 is 0 Å². The van der Waals surface area contributed by atoms with Gasteiger partial charge in [0.1, 0.15) is 6.61 Å². The van der Waals surface area contributed by atoms with Crippen molar-refractivity contribution in [3.05, 3.63) is 53.6 Å². The van der Waals surface area contributed by atoms with E-state index in [-0.39, 0.29) is 11.8 Å². The Morgan fingerprint density at radius 3 is 2.60 bits per heavy atom. The third kappa shape index (κ3) is 5.53. The molecule has 6 nitrogen and oxygen atoms in total. The first kappa shape index (κ1) is 18.3. The molecule has 0 unspecified atom stereocenters. The zero-order chi connectivity index (χ0) is 18.2. The van der Waals surface area contributed by atoms with Gasteiger partial charge in [0.15, 0.2) is 17.3 Å². The molecule has 0 fully saturated rings. The minimum absolute atomic E-state index is 0.0514. The van der Waals surface area contributed by atoms with Crippen molar-refractivity contribution in [1.29, 1.82) is 0 Å². The summed E-state index contributed by atoms with van der Waals surface area (Å²) < 4.78 is 10.9. The lowest BCUT2D eigenvalue weighted by Gasteiger charge is -2.12. The number of methoxy groups -OCH3 is 1. The lowest BCUT2D eigenvalue weighted by Crippen LogP contribution is -2.32. The molecule has 0 aliphatic carbocycles. The van der Waals surface area contributed by atoms with Gasteiger partial charge in [-0.25, -0.2) is 4.79 Å². The summed E-state index contributed by atoms with van der Waals surface area (Å²) in [6, 6.07) is 12.1. The van der Waals surface area contributed by atoms with Crippen LogP contribution in [0.3, 0.4) is 0 Å². The van der Waals surface area contributed by atoms with Crippen molar-refractivity contribution in [2.75, 3.05) is 25.6 Å². The molecule has 132 valence electrons. The molecule has 2 amide bonds. The standard InChI is InChI=1S/C19H22N2O4/c1-13-7-8-17(18(11-13)24-3)25-10-9-20-19(23)21-16-6-4-5-15(12-16)14(2)22/h4-8,11-12H,9-10H2,1-3H3,(H2,20,21,23). The summed E-state index contributed by atoms with van der Waals surface area (Å²) in [6.45, 7) is 4.09. The van der Waals surface area contributed by atoms with Crippen LogP contribution in [0.2, 0.25) is 0 Å². The third-order valence-corrected chi connectivity index (χ3v) is 3.49. The average Bonchev–Trinajstić information content (AvgIpc) is 2.59. The number of urea groups is 1. The summed E-state index contributed by atoms with van der Waals surface area (Å²) >= 11 is 0. The van der Waals surface area contributed by atoms with Crippen LogP contribution in [0.15, 0.2) is 42.5 Å². The molecule has 0 aliphatic rings. The largest absolute Gasteiger partial charge is 0.493 e. The molecule has 0 radical (unpaired) electrons. The molecule has 2 N–H and O–H groups in total. The number of hydrogen-bond donors (Lipinski definition) is 2. The molecular weight excluding hydrogens is 320 g/mol. The van der Waals surface area contributed by atoms with Gasteiger partial charge in [-0.15, -0.1) is 0 Å². The Morgan fingerprint density at radius 1 is 1.08 bits per heavy atom.